The second-order valence-corrected chi connectivity index (χ2v) is 3.05. The Morgan fingerprint density at radius 2 is 2.29 bits per heavy atom. The molecule has 0 amide bonds. The number of aryl methyl sites for hydroxylation is 1. The van der Waals surface area contributed by atoms with Crippen molar-refractivity contribution < 1.29 is 9.94 Å². The van der Waals surface area contributed by atoms with E-state index in [0.717, 1.165) is 16.0 Å². The Bertz CT molecular complexity index is 462. The van der Waals surface area contributed by atoms with Gasteiger partial charge in [-0.3, -0.25) is 0 Å². The smallest absolute Gasteiger partial charge is 0.145 e. The fourth-order valence-electron chi connectivity index (χ4n) is 1.45. The van der Waals surface area contributed by atoms with Crippen LogP contribution >= 0.6 is 0 Å². The minimum absolute atomic E-state index is 0.660. The van der Waals surface area contributed by atoms with Gasteiger partial charge in [0.15, 0.2) is 0 Å². The highest BCUT2D eigenvalue weighted by Crippen LogP contribution is 2.20. The summed E-state index contributed by atoms with van der Waals surface area (Å²) in [7, 11) is 1.60. The molecule has 0 radical (unpaired) electrons. The predicted octanol–water partition coefficient (Wildman–Crippen LogP) is 1.84. The SMILES string of the molecule is CCc1nc2ccc(OC)cc2n1O. The molecule has 0 fully saturated rings. The minimum atomic E-state index is 0.660. The molecule has 74 valence electrons. The van der Waals surface area contributed by atoms with Crippen molar-refractivity contribution in [3.63, 3.8) is 0 Å². The van der Waals surface area contributed by atoms with E-state index in [1.807, 2.05) is 19.1 Å². The third-order valence-electron chi connectivity index (χ3n) is 2.22. The van der Waals surface area contributed by atoms with E-state index in [-0.39, 0.29) is 0 Å². The second-order valence-electron chi connectivity index (χ2n) is 3.05. The van der Waals surface area contributed by atoms with E-state index in [2.05, 4.69) is 4.98 Å². The number of benzene rings is 1. The molecule has 14 heavy (non-hydrogen) atoms. The molecule has 0 saturated heterocycles. The topological polar surface area (TPSA) is 47.3 Å². The van der Waals surface area contributed by atoms with Gasteiger partial charge in [0.25, 0.3) is 0 Å². The Hall–Kier alpha value is -1.71. The first-order chi connectivity index (χ1) is 6.76. The Kier molecular flexibility index (Phi) is 2.04. The Morgan fingerprint density at radius 3 is 2.93 bits per heavy atom. The molecule has 2 rings (SSSR count). The van der Waals surface area contributed by atoms with Crippen LogP contribution in [-0.4, -0.2) is 22.0 Å². The predicted molar refractivity (Wildman–Crippen MR) is 52.8 cm³/mol. The maximum absolute atomic E-state index is 9.71. The number of rotatable bonds is 2. The van der Waals surface area contributed by atoms with E-state index in [9.17, 15) is 5.21 Å². The van der Waals surface area contributed by atoms with Gasteiger partial charge in [0, 0.05) is 12.5 Å². The third-order valence-corrected chi connectivity index (χ3v) is 2.22. The quantitative estimate of drug-likeness (QED) is 0.738. The van der Waals surface area contributed by atoms with Crippen LogP contribution in [0.2, 0.25) is 0 Å². The molecule has 0 aliphatic carbocycles. The van der Waals surface area contributed by atoms with E-state index in [4.69, 9.17) is 4.74 Å². The molecule has 4 heteroatoms. The summed E-state index contributed by atoms with van der Waals surface area (Å²) in [6.45, 7) is 1.95. The molecule has 1 heterocycles. The molecule has 0 saturated carbocycles. The van der Waals surface area contributed by atoms with Crippen LogP contribution in [0, 0.1) is 0 Å². The molecule has 2 aromatic rings. The summed E-state index contributed by atoms with van der Waals surface area (Å²) in [6.07, 6.45) is 0.702. The Balaban J connectivity index is 2.68. The summed E-state index contributed by atoms with van der Waals surface area (Å²) < 4.78 is 6.18. The first kappa shape index (κ1) is 8.87. The highest BCUT2D eigenvalue weighted by Gasteiger charge is 2.08. The number of imidazole rings is 1. The molecule has 0 spiro atoms. The summed E-state index contributed by atoms with van der Waals surface area (Å²) in [5.41, 5.74) is 1.46. The van der Waals surface area contributed by atoms with Crippen molar-refractivity contribution in [1.82, 2.24) is 9.71 Å². The number of hydrogen-bond donors (Lipinski definition) is 1. The zero-order valence-corrected chi connectivity index (χ0v) is 8.19. The standard InChI is InChI=1S/C10H12N2O2/c1-3-10-11-8-5-4-7(14-2)6-9(8)12(10)13/h4-6,13H,3H2,1-2H3. The molecule has 1 aromatic carbocycles. The molecule has 1 aromatic heterocycles. The van der Waals surface area contributed by atoms with Crippen molar-refractivity contribution in [2.45, 2.75) is 13.3 Å². The van der Waals surface area contributed by atoms with Crippen molar-refractivity contribution in [3.05, 3.63) is 24.0 Å². The normalized spacial score (nSPS) is 10.7. The number of hydrogen-bond acceptors (Lipinski definition) is 3. The van der Waals surface area contributed by atoms with E-state index < -0.39 is 0 Å². The zero-order chi connectivity index (χ0) is 10.1. The molecule has 0 bridgehead atoms. The highest BCUT2D eigenvalue weighted by molar-refractivity contribution is 5.77. The lowest BCUT2D eigenvalue weighted by atomic mass is 10.3. The van der Waals surface area contributed by atoms with Crippen LogP contribution in [0.5, 0.6) is 5.75 Å². The van der Waals surface area contributed by atoms with E-state index >= 15 is 0 Å². The fourth-order valence-corrected chi connectivity index (χ4v) is 1.45. The number of fused-ring (bicyclic) bond motifs is 1. The molecule has 4 nitrogen and oxygen atoms in total. The van der Waals surface area contributed by atoms with Crippen molar-refractivity contribution in [2.75, 3.05) is 7.11 Å². The highest BCUT2D eigenvalue weighted by atomic mass is 16.5. The number of ether oxygens (including phenoxy) is 1. The van der Waals surface area contributed by atoms with Gasteiger partial charge < -0.3 is 9.94 Å². The van der Waals surface area contributed by atoms with Gasteiger partial charge in [0.1, 0.15) is 17.1 Å². The van der Waals surface area contributed by atoms with Gasteiger partial charge in [-0.15, -0.1) is 0 Å². The Labute approximate surface area is 81.7 Å². The summed E-state index contributed by atoms with van der Waals surface area (Å²) in [5.74, 6) is 1.38. The molecule has 0 aliphatic rings. The van der Waals surface area contributed by atoms with Gasteiger partial charge in [0.2, 0.25) is 0 Å². The first-order valence-corrected chi connectivity index (χ1v) is 4.51. The van der Waals surface area contributed by atoms with Gasteiger partial charge in [-0.2, -0.15) is 4.73 Å². The van der Waals surface area contributed by atoms with Gasteiger partial charge in [-0.05, 0) is 12.1 Å². The van der Waals surface area contributed by atoms with Gasteiger partial charge in [-0.1, -0.05) is 6.92 Å². The summed E-state index contributed by atoms with van der Waals surface area (Å²) >= 11 is 0. The van der Waals surface area contributed by atoms with Crippen LogP contribution in [-0.2, 0) is 6.42 Å². The third kappa shape index (κ3) is 1.19. The van der Waals surface area contributed by atoms with E-state index in [1.165, 1.54) is 0 Å². The molecule has 1 N–H and O–H groups in total. The molecule has 0 aliphatic heterocycles. The van der Waals surface area contributed by atoms with Crippen LogP contribution in [0.25, 0.3) is 11.0 Å². The number of aromatic nitrogens is 2. The largest absolute Gasteiger partial charge is 0.497 e. The van der Waals surface area contributed by atoms with Gasteiger partial charge in [0.05, 0.1) is 12.6 Å². The van der Waals surface area contributed by atoms with Crippen molar-refractivity contribution >= 4 is 11.0 Å². The van der Waals surface area contributed by atoms with Crippen LogP contribution in [0.15, 0.2) is 18.2 Å². The summed E-state index contributed by atoms with van der Waals surface area (Å²) in [4.78, 5) is 4.26. The average Bonchev–Trinajstić information content (AvgIpc) is 2.55. The minimum Gasteiger partial charge on any atom is -0.497 e. The lowest BCUT2D eigenvalue weighted by molar-refractivity contribution is 0.188. The van der Waals surface area contributed by atoms with Crippen LogP contribution in [0.3, 0.4) is 0 Å². The van der Waals surface area contributed by atoms with Crippen molar-refractivity contribution in [2.24, 2.45) is 0 Å². The van der Waals surface area contributed by atoms with Crippen LogP contribution in [0.4, 0.5) is 0 Å². The summed E-state index contributed by atoms with van der Waals surface area (Å²) in [6, 6.07) is 5.43. The average molecular weight is 192 g/mol. The first-order valence-electron chi connectivity index (χ1n) is 4.51. The van der Waals surface area contributed by atoms with E-state index in [1.54, 1.807) is 13.2 Å². The van der Waals surface area contributed by atoms with Crippen molar-refractivity contribution in [1.29, 1.82) is 0 Å². The van der Waals surface area contributed by atoms with Crippen LogP contribution in [0.1, 0.15) is 12.7 Å². The van der Waals surface area contributed by atoms with Crippen molar-refractivity contribution in [3.8, 4) is 5.75 Å². The molecular weight excluding hydrogens is 180 g/mol. The van der Waals surface area contributed by atoms with Gasteiger partial charge in [-0.25, -0.2) is 4.98 Å². The van der Waals surface area contributed by atoms with Gasteiger partial charge >= 0.3 is 0 Å². The maximum atomic E-state index is 9.71. The Morgan fingerprint density at radius 1 is 1.50 bits per heavy atom. The monoisotopic (exact) mass is 192 g/mol. The molecular formula is C10H12N2O2. The number of methoxy groups -OCH3 is 1. The number of nitrogens with zero attached hydrogens (tertiary/aromatic N) is 2. The zero-order valence-electron chi connectivity index (χ0n) is 8.19. The lowest BCUT2D eigenvalue weighted by Gasteiger charge is -1.99. The van der Waals surface area contributed by atoms with E-state index in [0.29, 0.717) is 17.8 Å². The molecule has 0 atom stereocenters. The maximum Gasteiger partial charge on any atom is 0.145 e. The molecule has 0 unspecified atom stereocenters. The second kappa shape index (κ2) is 3.21. The van der Waals surface area contributed by atoms with Crippen LogP contribution < -0.4 is 4.74 Å². The lowest BCUT2D eigenvalue weighted by Crippen LogP contribution is -1.96. The fraction of sp³-hybridized carbons (Fsp3) is 0.300. The summed E-state index contributed by atoms with van der Waals surface area (Å²) in [5, 5.41) is 9.71.